The van der Waals surface area contributed by atoms with Crippen molar-refractivity contribution < 1.29 is 13.5 Å². The van der Waals surface area contributed by atoms with Crippen LogP contribution in [0.3, 0.4) is 0 Å². The van der Waals surface area contributed by atoms with Gasteiger partial charge in [-0.05, 0) is 37.8 Å². The van der Waals surface area contributed by atoms with Gasteiger partial charge in [0.2, 0.25) is 0 Å². The summed E-state index contributed by atoms with van der Waals surface area (Å²) < 4.78 is 34.0. The molecule has 4 rings (SSSR count). The van der Waals surface area contributed by atoms with E-state index in [9.17, 15) is 8.78 Å². The Morgan fingerprint density at radius 2 is 2.10 bits per heavy atom. The third kappa shape index (κ3) is 5.41. The molecule has 0 amide bonds. The van der Waals surface area contributed by atoms with Crippen molar-refractivity contribution >= 4 is 0 Å². The molecule has 1 atom stereocenters. The summed E-state index contributed by atoms with van der Waals surface area (Å²) in [7, 11) is 0. The van der Waals surface area contributed by atoms with Crippen molar-refractivity contribution in [2.75, 3.05) is 26.2 Å². The lowest BCUT2D eigenvalue weighted by atomic mass is 10.1. The Labute approximate surface area is 175 Å². The number of aryl methyl sites for hydroxylation is 1. The van der Waals surface area contributed by atoms with Crippen molar-refractivity contribution in [1.29, 1.82) is 0 Å². The summed E-state index contributed by atoms with van der Waals surface area (Å²) in [6.45, 7) is 4.77. The first-order chi connectivity index (χ1) is 14.5. The van der Waals surface area contributed by atoms with Crippen molar-refractivity contribution in [1.82, 2.24) is 24.9 Å². The van der Waals surface area contributed by atoms with Crippen LogP contribution in [-0.2, 0) is 11.3 Å². The van der Waals surface area contributed by atoms with Crippen molar-refractivity contribution in [3.63, 3.8) is 0 Å². The second-order valence-electron chi connectivity index (χ2n) is 8.14. The highest BCUT2D eigenvalue weighted by Gasteiger charge is 2.33. The molecule has 2 aliphatic rings. The Morgan fingerprint density at radius 3 is 2.83 bits per heavy atom. The number of halogens is 2. The van der Waals surface area contributed by atoms with E-state index in [0.29, 0.717) is 26.2 Å². The van der Waals surface area contributed by atoms with E-state index in [1.807, 2.05) is 28.8 Å². The van der Waals surface area contributed by atoms with Crippen molar-refractivity contribution in [3.05, 3.63) is 29.6 Å². The van der Waals surface area contributed by atoms with Gasteiger partial charge in [-0.3, -0.25) is 9.88 Å². The van der Waals surface area contributed by atoms with Crippen LogP contribution in [0.15, 0.2) is 18.5 Å². The lowest BCUT2D eigenvalue weighted by Gasteiger charge is -2.30. The fourth-order valence-corrected chi connectivity index (χ4v) is 3.86. The predicted octanol–water partition coefficient (Wildman–Crippen LogP) is 3.30. The van der Waals surface area contributed by atoms with Gasteiger partial charge in [-0.2, -0.15) is 0 Å². The number of nitrogens with zero attached hydrogens (tertiary/aromatic N) is 5. The Kier molecular flexibility index (Phi) is 6.40. The van der Waals surface area contributed by atoms with Crippen LogP contribution in [0.25, 0.3) is 11.4 Å². The van der Waals surface area contributed by atoms with Crippen LogP contribution in [0.2, 0.25) is 0 Å². The smallest absolute Gasteiger partial charge is 0.250 e. The lowest BCUT2D eigenvalue weighted by Crippen LogP contribution is -2.39. The maximum Gasteiger partial charge on any atom is 0.250 e. The first kappa shape index (κ1) is 20.9. The molecule has 6 nitrogen and oxygen atoms in total. The molecule has 4 heterocycles. The quantitative estimate of drug-likeness (QED) is 0.718. The molecule has 160 valence electrons. The summed E-state index contributed by atoms with van der Waals surface area (Å²) in [6.07, 6.45) is 7.04. The molecule has 0 radical (unpaired) electrons. The van der Waals surface area contributed by atoms with Gasteiger partial charge in [0.05, 0.1) is 31.1 Å². The maximum atomic E-state index is 13.2. The molecule has 0 spiro atoms. The van der Waals surface area contributed by atoms with Crippen molar-refractivity contribution in [2.24, 2.45) is 0 Å². The molecule has 0 N–H and O–H groups in total. The average Bonchev–Trinajstić information content (AvgIpc) is 3.18. The van der Waals surface area contributed by atoms with Crippen molar-refractivity contribution in [2.45, 2.75) is 57.6 Å². The van der Waals surface area contributed by atoms with E-state index in [1.54, 1.807) is 6.20 Å². The summed E-state index contributed by atoms with van der Waals surface area (Å²) in [6, 6.07) is 1.98. The third-order valence-corrected chi connectivity index (χ3v) is 5.65. The highest BCUT2D eigenvalue weighted by molar-refractivity contribution is 5.58. The SMILES string of the molecule is Cc1cc(C#CCN2CCC(F)(F)CC2)cnc1-c1cn(C[C@H]2CCCCO2)nn1. The molecule has 2 aliphatic heterocycles. The highest BCUT2D eigenvalue weighted by atomic mass is 19.3. The largest absolute Gasteiger partial charge is 0.376 e. The Morgan fingerprint density at radius 1 is 1.27 bits per heavy atom. The maximum absolute atomic E-state index is 13.2. The fraction of sp³-hybridized carbons (Fsp3) is 0.591. The minimum absolute atomic E-state index is 0.0857. The molecule has 8 heteroatoms. The van der Waals surface area contributed by atoms with Crippen molar-refractivity contribution in [3.8, 4) is 23.2 Å². The summed E-state index contributed by atoms with van der Waals surface area (Å²) in [5, 5.41) is 8.49. The number of pyridine rings is 1. The number of piperidine rings is 1. The van der Waals surface area contributed by atoms with Crippen LogP contribution in [0.4, 0.5) is 8.78 Å². The molecular weight excluding hydrogens is 388 g/mol. The molecule has 0 saturated carbocycles. The van der Waals surface area contributed by atoms with Crippen LogP contribution in [0.5, 0.6) is 0 Å². The number of alkyl halides is 2. The monoisotopic (exact) mass is 415 g/mol. The first-order valence-electron chi connectivity index (χ1n) is 10.6. The molecular formula is C22H27F2N5O. The number of aromatic nitrogens is 4. The number of hydrogen-bond donors (Lipinski definition) is 0. The zero-order valence-corrected chi connectivity index (χ0v) is 17.3. The Balaban J connectivity index is 1.36. The number of rotatable bonds is 4. The highest BCUT2D eigenvalue weighted by Crippen LogP contribution is 2.27. The zero-order valence-electron chi connectivity index (χ0n) is 17.3. The molecule has 2 aromatic rings. The Hall–Kier alpha value is -2.37. The van der Waals surface area contributed by atoms with E-state index in [0.717, 1.165) is 42.0 Å². The van der Waals surface area contributed by atoms with Crippen LogP contribution < -0.4 is 0 Å². The fourth-order valence-electron chi connectivity index (χ4n) is 3.86. The van der Waals surface area contributed by atoms with E-state index in [-0.39, 0.29) is 18.9 Å². The van der Waals surface area contributed by atoms with Crippen LogP contribution in [-0.4, -0.2) is 63.1 Å². The number of likely N-dealkylation sites (tertiary alicyclic amines) is 1. The first-order valence-corrected chi connectivity index (χ1v) is 10.6. The van der Waals surface area contributed by atoms with E-state index in [4.69, 9.17) is 4.74 Å². The molecule has 0 aliphatic carbocycles. The normalized spacial score (nSPS) is 21.8. The summed E-state index contributed by atoms with van der Waals surface area (Å²) >= 11 is 0. The topological polar surface area (TPSA) is 56.1 Å². The van der Waals surface area contributed by atoms with Gasteiger partial charge in [-0.25, -0.2) is 13.5 Å². The molecule has 0 unspecified atom stereocenters. The summed E-state index contributed by atoms with van der Waals surface area (Å²) in [5.41, 5.74) is 3.30. The van der Waals surface area contributed by atoms with Gasteiger partial charge >= 0.3 is 0 Å². The second-order valence-corrected chi connectivity index (χ2v) is 8.14. The standard InChI is InChI=1S/C22H27F2N5O/c1-17-13-18(5-4-9-28-10-7-22(23,24)8-11-28)14-25-21(17)20-16-29(27-26-20)15-19-6-2-3-12-30-19/h13-14,16,19H,2-3,6-12,15H2,1H3/t19-/m1/s1. The molecule has 0 bridgehead atoms. The van der Waals surface area contributed by atoms with Crippen LogP contribution in [0.1, 0.15) is 43.2 Å². The number of ether oxygens (including phenoxy) is 1. The third-order valence-electron chi connectivity index (χ3n) is 5.65. The van der Waals surface area contributed by atoms with Gasteiger partial charge in [-0.15, -0.1) is 5.10 Å². The summed E-state index contributed by atoms with van der Waals surface area (Å²) in [5.74, 6) is 3.65. The molecule has 2 saturated heterocycles. The number of hydrogen-bond acceptors (Lipinski definition) is 5. The van der Waals surface area contributed by atoms with Gasteiger partial charge in [0.15, 0.2) is 0 Å². The van der Waals surface area contributed by atoms with E-state index >= 15 is 0 Å². The van der Waals surface area contributed by atoms with E-state index in [1.165, 1.54) is 6.42 Å². The molecule has 30 heavy (non-hydrogen) atoms. The molecule has 0 aromatic carbocycles. The lowest BCUT2D eigenvalue weighted by molar-refractivity contribution is -0.0527. The minimum Gasteiger partial charge on any atom is -0.376 e. The Bertz CT molecular complexity index is 917. The second kappa shape index (κ2) is 9.19. The minimum atomic E-state index is -2.52. The van der Waals surface area contributed by atoms with Gasteiger partial charge in [0.1, 0.15) is 5.69 Å². The zero-order chi connectivity index (χ0) is 21.0. The average molecular weight is 415 g/mol. The molecule has 2 fully saturated rings. The molecule has 2 aromatic heterocycles. The van der Waals surface area contributed by atoms with Gasteiger partial charge in [0, 0.05) is 44.3 Å². The van der Waals surface area contributed by atoms with Gasteiger partial charge in [0.25, 0.3) is 5.92 Å². The summed E-state index contributed by atoms with van der Waals surface area (Å²) in [4.78, 5) is 6.50. The van der Waals surface area contributed by atoms with Crippen LogP contribution in [0, 0.1) is 18.8 Å². The van der Waals surface area contributed by atoms with Gasteiger partial charge in [-0.1, -0.05) is 17.1 Å². The van der Waals surface area contributed by atoms with Crippen LogP contribution >= 0.6 is 0 Å². The van der Waals surface area contributed by atoms with Gasteiger partial charge < -0.3 is 4.74 Å². The van der Waals surface area contributed by atoms with E-state index in [2.05, 4.69) is 27.1 Å². The predicted molar refractivity (Wildman–Crippen MR) is 109 cm³/mol. The van der Waals surface area contributed by atoms with E-state index < -0.39 is 5.92 Å².